The van der Waals surface area contributed by atoms with Crippen LogP contribution in [0.2, 0.25) is 0 Å². The minimum absolute atomic E-state index is 0.460. The third-order valence-corrected chi connectivity index (χ3v) is 1.93. The number of rotatable bonds is 4. The lowest BCUT2D eigenvalue weighted by molar-refractivity contribution is 0.581. The number of unbranched alkanes of at least 4 members (excludes halogenated alkanes) is 2. The van der Waals surface area contributed by atoms with E-state index in [0.717, 1.165) is 19.3 Å². The Morgan fingerprint density at radius 2 is 2.15 bits per heavy atom. The zero-order valence-electron chi connectivity index (χ0n) is 7.75. The van der Waals surface area contributed by atoms with Gasteiger partial charge in [0.15, 0.2) is 0 Å². The predicted octanol–water partition coefficient (Wildman–Crippen LogP) is 0.727. The molecule has 0 atom stereocenters. The molecule has 0 fully saturated rings. The van der Waals surface area contributed by atoms with Crippen LogP contribution in [-0.4, -0.2) is 9.55 Å². The summed E-state index contributed by atoms with van der Waals surface area (Å²) in [6, 6.07) is 0. The quantitative estimate of drug-likeness (QED) is 0.551. The number of hydrogen-bond donors (Lipinski definition) is 1. The molecule has 0 saturated carbocycles. The van der Waals surface area contributed by atoms with Gasteiger partial charge in [0.25, 0.3) is 0 Å². The van der Waals surface area contributed by atoms with Crippen LogP contribution in [0.15, 0.2) is 22.0 Å². The molecule has 1 N–H and O–H groups in total. The topological polar surface area (TPSA) is 54.9 Å². The number of aromatic nitrogens is 2. The van der Waals surface area contributed by atoms with Crippen molar-refractivity contribution in [3.05, 3.63) is 33.1 Å². The molecule has 0 aliphatic heterocycles. The molecular weight excluding hydrogens is 168 g/mol. The molecule has 0 aliphatic rings. The molecular formula is C9H14N2O2. The molecule has 72 valence electrons. The van der Waals surface area contributed by atoms with Gasteiger partial charge in [0.1, 0.15) is 0 Å². The Kier molecular flexibility index (Phi) is 3.49. The molecule has 0 radical (unpaired) electrons. The van der Waals surface area contributed by atoms with Crippen LogP contribution in [-0.2, 0) is 6.54 Å². The Bertz CT molecular complexity index is 364. The molecule has 0 aromatic carbocycles. The maximum Gasteiger partial charge on any atom is 0.316 e. The van der Waals surface area contributed by atoms with Crippen molar-refractivity contribution >= 4 is 0 Å². The maximum absolute atomic E-state index is 11.2. The molecule has 0 bridgehead atoms. The highest BCUT2D eigenvalue weighted by atomic mass is 16.2. The van der Waals surface area contributed by atoms with Crippen LogP contribution < -0.4 is 11.1 Å². The van der Waals surface area contributed by atoms with Crippen molar-refractivity contribution in [3.63, 3.8) is 0 Å². The Labute approximate surface area is 76.2 Å². The van der Waals surface area contributed by atoms with E-state index in [0.29, 0.717) is 6.54 Å². The van der Waals surface area contributed by atoms with Crippen molar-refractivity contribution in [1.82, 2.24) is 9.55 Å². The first kappa shape index (κ1) is 9.77. The van der Waals surface area contributed by atoms with Crippen LogP contribution in [0.1, 0.15) is 26.2 Å². The van der Waals surface area contributed by atoms with Crippen molar-refractivity contribution in [1.29, 1.82) is 0 Å². The highest BCUT2D eigenvalue weighted by Crippen LogP contribution is 1.94. The van der Waals surface area contributed by atoms with Gasteiger partial charge in [-0.2, -0.15) is 0 Å². The highest BCUT2D eigenvalue weighted by Gasteiger charge is 1.97. The first-order chi connectivity index (χ1) is 6.25. The fourth-order valence-corrected chi connectivity index (χ4v) is 1.17. The van der Waals surface area contributed by atoms with E-state index in [1.54, 1.807) is 6.20 Å². The van der Waals surface area contributed by atoms with Crippen LogP contribution >= 0.6 is 0 Å². The number of aromatic amines is 1. The van der Waals surface area contributed by atoms with E-state index >= 15 is 0 Å². The lowest BCUT2D eigenvalue weighted by Gasteiger charge is -2.02. The maximum atomic E-state index is 11.2. The van der Waals surface area contributed by atoms with Gasteiger partial charge in [0.2, 0.25) is 0 Å². The average molecular weight is 182 g/mol. The summed E-state index contributed by atoms with van der Waals surface area (Å²) >= 11 is 0. The van der Waals surface area contributed by atoms with Crippen LogP contribution in [0.3, 0.4) is 0 Å². The van der Waals surface area contributed by atoms with Gasteiger partial charge in [-0.15, -0.1) is 0 Å². The number of nitrogens with one attached hydrogen (secondary N) is 1. The summed E-state index contributed by atoms with van der Waals surface area (Å²) in [6.07, 6.45) is 6.24. The van der Waals surface area contributed by atoms with E-state index in [1.165, 1.54) is 10.8 Å². The van der Waals surface area contributed by atoms with Gasteiger partial charge in [-0.05, 0) is 6.42 Å². The molecule has 13 heavy (non-hydrogen) atoms. The number of nitrogens with zero attached hydrogens (tertiary/aromatic N) is 1. The first-order valence-corrected chi connectivity index (χ1v) is 4.54. The molecule has 4 heteroatoms. The smallest absolute Gasteiger partial charge is 0.316 e. The molecule has 1 aromatic heterocycles. The molecule has 0 unspecified atom stereocenters. The summed E-state index contributed by atoms with van der Waals surface area (Å²) in [7, 11) is 0. The Morgan fingerprint density at radius 3 is 2.85 bits per heavy atom. The summed E-state index contributed by atoms with van der Waals surface area (Å²) in [5.74, 6) is 0. The van der Waals surface area contributed by atoms with Crippen LogP contribution in [0.5, 0.6) is 0 Å². The van der Waals surface area contributed by atoms with Crippen molar-refractivity contribution in [2.75, 3.05) is 0 Å². The van der Waals surface area contributed by atoms with Crippen molar-refractivity contribution < 1.29 is 0 Å². The van der Waals surface area contributed by atoms with Crippen molar-refractivity contribution in [3.8, 4) is 0 Å². The average Bonchev–Trinajstić information content (AvgIpc) is 2.13. The first-order valence-electron chi connectivity index (χ1n) is 4.54. The molecule has 0 aliphatic carbocycles. The Balaban J connectivity index is 2.72. The largest absolute Gasteiger partial charge is 0.323 e. The van der Waals surface area contributed by atoms with Gasteiger partial charge in [-0.25, -0.2) is 0 Å². The van der Waals surface area contributed by atoms with Gasteiger partial charge < -0.3 is 9.55 Å². The van der Waals surface area contributed by atoms with E-state index < -0.39 is 11.1 Å². The SMILES string of the molecule is CCCCCn1cc[nH]c(=O)c1=O. The van der Waals surface area contributed by atoms with E-state index in [1.807, 2.05) is 0 Å². The molecule has 0 amide bonds. The summed E-state index contributed by atoms with van der Waals surface area (Å²) in [5.41, 5.74) is -1.00. The molecule has 1 heterocycles. The second kappa shape index (κ2) is 4.64. The van der Waals surface area contributed by atoms with E-state index in [9.17, 15) is 9.59 Å². The van der Waals surface area contributed by atoms with Crippen LogP contribution in [0.4, 0.5) is 0 Å². The van der Waals surface area contributed by atoms with Crippen LogP contribution in [0, 0.1) is 0 Å². The third-order valence-electron chi connectivity index (χ3n) is 1.93. The van der Waals surface area contributed by atoms with Gasteiger partial charge in [0.05, 0.1) is 0 Å². The standard InChI is InChI=1S/C9H14N2O2/c1-2-3-4-6-11-7-5-10-8(12)9(11)13/h5,7H,2-4,6H2,1H3,(H,10,12). The van der Waals surface area contributed by atoms with Gasteiger partial charge >= 0.3 is 11.1 Å². The summed E-state index contributed by atoms with van der Waals surface area (Å²) in [4.78, 5) is 24.4. The van der Waals surface area contributed by atoms with Gasteiger partial charge in [-0.1, -0.05) is 19.8 Å². The summed E-state index contributed by atoms with van der Waals surface area (Å²) in [5, 5.41) is 0. The molecule has 1 rings (SSSR count). The van der Waals surface area contributed by atoms with E-state index in [2.05, 4.69) is 11.9 Å². The lowest BCUT2D eigenvalue weighted by atomic mass is 10.2. The fourth-order valence-electron chi connectivity index (χ4n) is 1.17. The predicted molar refractivity (Wildman–Crippen MR) is 50.8 cm³/mol. The van der Waals surface area contributed by atoms with E-state index in [-0.39, 0.29) is 0 Å². The zero-order valence-corrected chi connectivity index (χ0v) is 7.75. The third kappa shape index (κ3) is 2.57. The normalized spacial score (nSPS) is 10.2. The second-order valence-corrected chi connectivity index (χ2v) is 2.99. The molecule has 4 nitrogen and oxygen atoms in total. The van der Waals surface area contributed by atoms with Crippen LogP contribution in [0.25, 0.3) is 0 Å². The molecule has 1 aromatic rings. The highest BCUT2D eigenvalue weighted by molar-refractivity contribution is 4.81. The Hall–Kier alpha value is -1.32. The van der Waals surface area contributed by atoms with Gasteiger partial charge in [-0.3, -0.25) is 9.59 Å². The zero-order chi connectivity index (χ0) is 9.68. The minimum Gasteiger partial charge on any atom is -0.323 e. The monoisotopic (exact) mass is 182 g/mol. The van der Waals surface area contributed by atoms with Gasteiger partial charge in [0, 0.05) is 18.9 Å². The fraction of sp³-hybridized carbons (Fsp3) is 0.556. The number of aryl methyl sites for hydroxylation is 1. The number of H-pyrrole nitrogens is 1. The summed E-state index contributed by atoms with van der Waals surface area (Å²) in [6.45, 7) is 2.73. The molecule has 0 spiro atoms. The second-order valence-electron chi connectivity index (χ2n) is 2.99. The van der Waals surface area contributed by atoms with Crippen molar-refractivity contribution in [2.45, 2.75) is 32.7 Å². The minimum atomic E-state index is -0.543. The van der Waals surface area contributed by atoms with Crippen molar-refractivity contribution in [2.24, 2.45) is 0 Å². The van der Waals surface area contributed by atoms with E-state index in [4.69, 9.17) is 0 Å². The summed E-state index contributed by atoms with van der Waals surface area (Å²) < 4.78 is 1.45. The molecule has 0 saturated heterocycles. The lowest BCUT2D eigenvalue weighted by Crippen LogP contribution is -2.35. The number of hydrogen-bond acceptors (Lipinski definition) is 2. The Morgan fingerprint density at radius 1 is 1.38 bits per heavy atom.